The van der Waals surface area contributed by atoms with Crippen molar-refractivity contribution in [1.82, 2.24) is 14.9 Å². The molecule has 0 bridgehead atoms. The molecule has 0 fully saturated rings. The number of benzene rings is 3. The third-order valence-corrected chi connectivity index (χ3v) is 4.80. The minimum absolute atomic E-state index is 0.494. The van der Waals surface area contributed by atoms with Crippen molar-refractivity contribution in [2.75, 3.05) is 4.90 Å². The summed E-state index contributed by atoms with van der Waals surface area (Å²) in [6.45, 7) is 2.02. The Balaban J connectivity index is 1.65. The van der Waals surface area contributed by atoms with Crippen LogP contribution in [-0.4, -0.2) is 21.1 Å². The lowest BCUT2D eigenvalue weighted by atomic mass is 10.1. The second-order valence-electron chi connectivity index (χ2n) is 6.45. The quantitative estimate of drug-likeness (QED) is 0.327. The number of nitrogens with zero attached hydrogens (tertiary/aromatic N) is 4. The van der Waals surface area contributed by atoms with Crippen LogP contribution in [0.2, 0.25) is 0 Å². The minimum atomic E-state index is 0.494. The average Bonchev–Trinajstić information content (AvgIpc) is 3.14. The number of para-hydroxylation sites is 2. The van der Waals surface area contributed by atoms with Crippen LogP contribution in [0.25, 0.3) is 0 Å². The van der Waals surface area contributed by atoms with Crippen LogP contribution in [0.4, 0.5) is 17.1 Å². The van der Waals surface area contributed by atoms with E-state index in [4.69, 9.17) is 12.2 Å². The van der Waals surface area contributed by atoms with Crippen molar-refractivity contribution in [2.24, 2.45) is 5.10 Å². The number of rotatable bonds is 6. The van der Waals surface area contributed by atoms with E-state index in [0.717, 1.165) is 34.9 Å². The van der Waals surface area contributed by atoms with Crippen molar-refractivity contribution in [3.8, 4) is 0 Å². The van der Waals surface area contributed by atoms with Crippen LogP contribution in [0.15, 0.2) is 90.0 Å². The lowest BCUT2D eigenvalue weighted by Gasteiger charge is -2.25. The highest BCUT2D eigenvalue weighted by molar-refractivity contribution is 7.71. The van der Waals surface area contributed by atoms with E-state index >= 15 is 0 Å². The molecule has 144 valence electrons. The third kappa shape index (κ3) is 4.17. The Hall–Kier alpha value is -3.51. The Morgan fingerprint density at radius 1 is 0.897 bits per heavy atom. The molecule has 29 heavy (non-hydrogen) atoms. The summed E-state index contributed by atoms with van der Waals surface area (Å²) in [6.07, 6.45) is 2.55. The molecule has 3 aromatic carbocycles. The molecule has 0 aliphatic heterocycles. The fourth-order valence-corrected chi connectivity index (χ4v) is 3.31. The summed E-state index contributed by atoms with van der Waals surface area (Å²) in [4.78, 5) is 2.22. The van der Waals surface area contributed by atoms with Crippen LogP contribution < -0.4 is 4.90 Å². The van der Waals surface area contributed by atoms with Gasteiger partial charge in [-0.25, -0.2) is 0 Å². The Kier molecular flexibility index (Phi) is 5.63. The predicted octanol–water partition coefficient (Wildman–Crippen LogP) is 5.86. The zero-order valence-electron chi connectivity index (χ0n) is 16.1. The van der Waals surface area contributed by atoms with Gasteiger partial charge in [0, 0.05) is 23.5 Å². The topological polar surface area (TPSA) is 49.2 Å². The van der Waals surface area contributed by atoms with E-state index in [9.17, 15) is 0 Å². The van der Waals surface area contributed by atoms with Crippen LogP contribution in [0, 0.1) is 4.77 Å². The standard InChI is InChI=1S/C23H21N5S/c1-2-22-25-26-23(29)28(22)24-17-18-13-15-21(16-14-18)27(19-9-5-3-6-10-19)20-11-7-4-8-12-20/h3-17H,2H2,1H3,(H,26,29). The molecule has 0 spiro atoms. The van der Waals surface area contributed by atoms with Gasteiger partial charge in [-0.3, -0.25) is 5.10 Å². The summed E-state index contributed by atoms with van der Waals surface area (Å²) in [6, 6.07) is 29.0. The second kappa shape index (κ2) is 8.67. The average molecular weight is 400 g/mol. The summed E-state index contributed by atoms with van der Waals surface area (Å²) in [5.41, 5.74) is 4.28. The van der Waals surface area contributed by atoms with Gasteiger partial charge in [0.15, 0.2) is 5.82 Å². The van der Waals surface area contributed by atoms with Crippen LogP contribution >= 0.6 is 12.2 Å². The smallest absolute Gasteiger partial charge is 0.216 e. The first-order valence-electron chi connectivity index (χ1n) is 9.47. The molecule has 1 aromatic heterocycles. The van der Waals surface area contributed by atoms with Gasteiger partial charge in [0.2, 0.25) is 4.77 Å². The lowest BCUT2D eigenvalue weighted by Crippen LogP contribution is -2.09. The Labute approximate surface area is 175 Å². The van der Waals surface area contributed by atoms with Crippen molar-refractivity contribution in [2.45, 2.75) is 13.3 Å². The Morgan fingerprint density at radius 3 is 2.00 bits per heavy atom. The summed E-state index contributed by atoms with van der Waals surface area (Å²) < 4.78 is 2.15. The van der Waals surface area contributed by atoms with Gasteiger partial charge < -0.3 is 4.90 Å². The number of aromatic nitrogens is 3. The minimum Gasteiger partial charge on any atom is -0.311 e. The Morgan fingerprint density at radius 2 is 1.45 bits per heavy atom. The lowest BCUT2D eigenvalue weighted by molar-refractivity contribution is 0.780. The molecule has 4 rings (SSSR count). The number of aryl methyl sites for hydroxylation is 1. The number of aromatic amines is 1. The highest BCUT2D eigenvalue weighted by Crippen LogP contribution is 2.33. The molecule has 5 nitrogen and oxygen atoms in total. The summed E-state index contributed by atoms with van der Waals surface area (Å²) in [5, 5.41) is 11.4. The molecule has 0 saturated carbocycles. The monoisotopic (exact) mass is 399 g/mol. The van der Waals surface area contributed by atoms with E-state index < -0.39 is 0 Å². The van der Waals surface area contributed by atoms with Gasteiger partial charge in [0.1, 0.15) is 0 Å². The number of hydrogen-bond donors (Lipinski definition) is 1. The largest absolute Gasteiger partial charge is 0.311 e. The third-order valence-electron chi connectivity index (χ3n) is 4.54. The molecule has 6 heteroatoms. The van der Waals surface area contributed by atoms with Gasteiger partial charge >= 0.3 is 0 Å². The fraction of sp³-hybridized carbons (Fsp3) is 0.0870. The van der Waals surface area contributed by atoms with E-state index in [0.29, 0.717) is 4.77 Å². The molecule has 0 amide bonds. The van der Waals surface area contributed by atoms with Crippen LogP contribution in [0.1, 0.15) is 18.3 Å². The number of H-pyrrole nitrogens is 1. The Bertz CT molecular complexity index is 1110. The van der Waals surface area contributed by atoms with Crippen molar-refractivity contribution < 1.29 is 0 Å². The van der Waals surface area contributed by atoms with Gasteiger partial charge in [-0.1, -0.05) is 55.5 Å². The molecule has 4 aromatic rings. The molecule has 1 N–H and O–H groups in total. The SMILES string of the molecule is CCc1n[nH]c(=S)n1N=Cc1ccc(N(c2ccccc2)c2ccccc2)cc1. The first-order chi connectivity index (χ1) is 14.3. The molecule has 1 heterocycles. The van der Waals surface area contributed by atoms with E-state index in [1.165, 1.54) is 0 Å². The number of nitrogens with one attached hydrogen (secondary N) is 1. The van der Waals surface area contributed by atoms with Gasteiger partial charge in [-0.15, -0.1) is 0 Å². The van der Waals surface area contributed by atoms with E-state index in [1.807, 2.05) is 55.5 Å². The van der Waals surface area contributed by atoms with Crippen molar-refractivity contribution in [3.05, 3.63) is 101 Å². The fourth-order valence-electron chi connectivity index (χ4n) is 3.11. The highest BCUT2D eigenvalue weighted by atomic mass is 32.1. The summed E-state index contributed by atoms with van der Waals surface area (Å²) >= 11 is 5.24. The maximum Gasteiger partial charge on any atom is 0.216 e. The normalized spacial score (nSPS) is 11.1. The maximum atomic E-state index is 5.24. The molecule has 0 aliphatic rings. The second-order valence-corrected chi connectivity index (χ2v) is 6.84. The van der Waals surface area contributed by atoms with E-state index in [-0.39, 0.29) is 0 Å². The van der Waals surface area contributed by atoms with E-state index in [2.05, 4.69) is 56.6 Å². The summed E-state index contributed by atoms with van der Waals surface area (Å²) in [7, 11) is 0. The van der Waals surface area contributed by atoms with Crippen LogP contribution in [0.5, 0.6) is 0 Å². The summed E-state index contributed by atoms with van der Waals surface area (Å²) in [5.74, 6) is 0.808. The predicted molar refractivity (Wildman–Crippen MR) is 121 cm³/mol. The molecular formula is C23H21N5S. The van der Waals surface area contributed by atoms with Crippen molar-refractivity contribution in [3.63, 3.8) is 0 Å². The molecule has 0 unspecified atom stereocenters. The van der Waals surface area contributed by atoms with Crippen LogP contribution in [-0.2, 0) is 6.42 Å². The number of anilines is 3. The van der Waals surface area contributed by atoms with Gasteiger partial charge in [0.05, 0.1) is 6.21 Å². The van der Waals surface area contributed by atoms with Crippen molar-refractivity contribution in [1.29, 1.82) is 0 Å². The zero-order valence-corrected chi connectivity index (χ0v) is 16.9. The highest BCUT2D eigenvalue weighted by Gasteiger charge is 2.11. The first-order valence-corrected chi connectivity index (χ1v) is 9.88. The molecule has 0 aliphatic carbocycles. The molecule has 0 radical (unpaired) electrons. The molecule has 0 saturated heterocycles. The van der Waals surface area contributed by atoms with Crippen LogP contribution in [0.3, 0.4) is 0 Å². The van der Waals surface area contributed by atoms with Gasteiger partial charge in [-0.2, -0.15) is 14.9 Å². The molecule has 0 atom stereocenters. The zero-order chi connectivity index (χ0) is 20.1. The number of hydrogen-bond acceptors (Lipinski definition) is 4. The first kappa shape index (κ1) is 18.8. The van der Waals surface area contributed by atoms with Gasteiger partial charge in [0.25, 0.3) is 0 Å². The van der Waals surface area contributed by atoms with Crippen molar-refractivity contribution >= 4 is 35.5 Å². The maximum absolute atomic E-state index is 5.24. The van der Waals surface area contributed by atoms with Gasteiger partial charge in [-0.05, 0) is 54.2 Å². The molecular weight excluding hydrogens is 378 g/mol. The van der Waals surface area contributed by atoms with E-state index in [1.54, 1.807) is 10.9 Å².